The highest BCUT2D eigenvalue weighted by Gasteiger charge is 2.74. The molecule has 0 aromatic heterocycles. The molecule has 1 saturated heterocycles. The highest BCUT2D eigenvalue weighted by atomic mass is 35.5. The summed E-state index contributed by atoms with van der Waals surface area (Å²) >= 11 is 6.29. The molecule has 1 aliphatic carbocycles. The number of rotatable bonds is 6. The van der Waals surface area contributed by atoms with E-state index in [-0.39, 0.29) is 11.8 Å². The molecule has 3 aromatic carbocycles. The molecule has 2 aliphatic heterocycles. The minimum Gasteiger partial charge on any atom is -0.496 e. The minimum absolute atomic E-state index is 0.109. The molecular weight excluding hydrogens is 547 g/mol. The van der Waals surface area contributed by atoms with E-state index in [1.54, 1.807) is 37.4 Å². The number of nitrogens with one attached hydrogen (secondary N) is 1. The van der Waals surface area contributed by atoms with Crippen LogP contribution in [0, 0.1) is 11.7 Å². The molecule has 4 atom stereocenters. The zero-order valence-corrected chi connectivity index (χ0v) is 24.1. The van der Waals surface area contributed by atoms with Gasteiger partial charge in [-0.05, 0) is 74.8 Å². The maximum absolute atomic E-state index is 14.7. The van der Waals surface area contributed by atoms with Crippen LogP contribution in [0.15, 0.2) is 60.7 Å². The van der Waals surface area contributed by atoms with Crippen LogP contribution in [0.3, 0.4) is 0 Å². The number of aliphatic hydroxyl groups is 1. The topological polar surface area (TPSA) is 80.3 Å². The number of piperidine rings is 1. The molecule has 0 spiro atoms. The minimum atomic E-state index is -1.79. The van der Waals surface area contributed by atoms with Gasteiger partial charge >= 0.3 is 0 Å². The fourth-order valence-corrected chi connectivity index (χ4v) is 7.20. The summed E-state index contributed by atoms with van der Waals surface area (Å²) in [4.78, 5) is 15.9. The number of carbonyl (C=O) groups excluding carboxylic acids is 1. The van der Waals surface area contributed by atoms with Crippen LogP contribution in [0.1, 0.15) is 41.9 Å². The predicted octanol–water partition coefficient (Wildman–Crippen LogP) is 4.99. The van der Waals surface area contributed by atoms with Gasteiger partial charge in [-0.15, -0.1) is 0 Å². The number of fused-ring (bicyclic) bond motifs is 3. The molecule has 0 bridgehead atoms. The number of hydrogen-bond acceptors (Lipinski definition) is 6. The van der Waals surface area contributed by atoms with Gasteiger partial charge < -0.3 is 29.5 Å². The van der Waals surface area contributed by atoms with Crippen molar-refractivity contribution in [3.63, 3.8) is 0 Å². The predicted molar refractivity (Wildman–Crippen MR) is 153 cm³/mol. The first-order valence-electron chi connectivity index (χ1n) is 13.9. The van der Waals surface area contributed by atoms with Gasteiger partial charge in [0.05, 0.1) is 25.8 Å². The fourth-order valence-electron chi connectivity index (χ4n) is 7.08. The molecule has 1 amide bonds. The van der Waals surface area contributed by atoms with E-state index in [0.717, 1.165) is 25.9 Å². The van der Waals surface area contributed by atoms with Crippen molar-refractivity contribution < 1.29 is 28.5 Å². The molecule has 6 rings (SSSR count). The van der Waals surface area contributed by atoms with Crippen molar-refractivity contribution in [2.75, 3.05) is 34.4 Å². The Bertz CT molecular complexity index is 1460. The molecule has 2 fully saturated rings. The maximum atomic E-state index is 14.7. The number of amides is 1. The molecular formula is C32H34ClFN2O5. The number of carbonyl (C=O) groups is 1. The van der Waals surface area contributed by atoms with Gasteiger partial charge in [-0.2, -0.15) is 0 Å². The van der Waals surface area contributed by atoms with Gasteiger partial charge in [0, 0.05) is 29.0 Å². The number of ether oxygens (including phenoxy) is 3. The molecule has 2 N–H and O–H groups in total. The van der Waals surface area contributed by atoms with E-state index in [0.29, 0.717) is 45.4 Å². The number of methoxy groups -OCH3 is 2. The first-order valence-corrected chi connectivity index (χ1v) is 14.3. The zero-order valence-electron chi connectivity index (χ0n) is 23.3. The molecule has 1 saturated carbocycles. The van der Waals surface area contributed by atoms with Crippen LogP contribution < -0.4 is 19.5 Å². The summed E-state index contributed by atoms with van der Waals surface area (Å²) in [6.07, 6.45) is 1.77. The summed E-state index contributed by atoms with van der Waals surface area (Å²) in [5, 5.41) is 16.9. The van der Waals surface area contributed by atoms with E-state index in [1.807, 2.05) is 25.2 Å². The highest BCUT2D eigenvalue weighted by Crippen LogP contribution is 2.68. The second kappa shape index (κ2) is 10.5. The Labute approximate surface area is 244 Å². The Balaban J connectivity index is 1.56. The summed E-state index contributed by atoms with van der Waals surface area (Å²) in [6.45, 7) is 1.65. The fraction of sp³-hybridized carbons (Fsp3) is 0.406. The molecule has 3 aromatic rings. The van der Waals surface area contributed by atoms with Gasteiger partial charge in [0.1, 0.15) is 23.1 Å². The van der Waals surface area contributed by atoms with Gasteiger partial charge in [-0.1, -0.05) is 35.9 Å². The number of benzene rings is 3. The third kappa shape index (κ3) is 4.35. The molecule has 216 valence electrons. The lowest BCUT2D eigenvalue weighted by Crippen LogP contribution is -2.57. The van der Waals surface area contributed by atoms with E-state index in [4.69, 9.17) is 25.8 Å². The van der Waals surface area contributed by atoms with Crippen molar-refractivity contribution in [2.45, 2.75) is 42.4 Å². The first kappa shape index (κ1) is 27.8. The summed E-state index contributed by atoms with van der Waals surface area (Å²) in [5.74, 6) is 0.00931. The summed E-state index contributed by atoms with van der Waals surface area (Å²) < 4.78 is 32.9. The van der Waals surface area contributed by atoms with Crippen molar-refractivity contribution in [3.05, 3.63) is 88.2 Å². The zero-order chi connectivity index (χ0) is 28.9. The smallest absolute Gasteiger partial charge is 0.223 e. The molecule has 0 radical (unpaired) electrons. The van der Waals surface area contributed by atoms with Crippen LogP contribution in [0.5, 0.6) is 17.2 Å². The monoisotopic (exact) mass is 580 g/mol. The SMILES string of the molecule is COc1cc(OC)c2c(c1)O[C@@]1(c3ccc(Cl)cc3)[C@H](c3cccc(F)c3)C[C@H](NC(=O)C3CCN(C)CC3)[C@@]21O. The van der Waals surface area contributed by atoms with Crippen LogP contribution >= 0.6 is 11.6 Å². The van der Waals surface area contributed by atoms with E-state index >= 15 is 0 Å². The lowest BCUT2D eigenvalue weighted by molar-refractivity contribution is -0.137. The van der Waals surface area contributed by atoms with Crippen LogP contribution in [0.25, 0.3) is 0 Å². The van der Waals surface area contributed by atoms with Crippen LogP contribution in [0.2, 0.25) is 5.02 Å². The third-order valence-electron chi connectivity index (χ3n) is 9.11. The standard InChI is InChI=1S/C32H34ClFN2O5/c1-36-13-11-19(12-14-36)30(37)35-28-18-25(20-5-4-6-23(34)15-20)32(21-7-9-22(33)10-8-21)31(28,38)29-26(40-3)16-24(39-2)17-27(29)41-32/h4-10,15-17,19,25,28,38H,11-14,18H2,1-3H3,(H,35,37)/t25-,28-,31+,32-/m0/s1. The molecule has 2 heterocycles. The Morgan fingerprint density at radius 3 is 2.49 bits per heavy atom. The van der Waals surface area contributed by atoms with Crippen molar-refractivity contribution in [2.24, 2.45) is 5.92 Å². The van der Waals surface area contributed by atoms with Crippen molar-refractivity contribution in [1.29, 1.82) is 0 Å². The summed E-state index contributed by atoms with van der Waals surface area (Å²) in [7, 11) is 5.11. The number of likely N-dealkylation sites (tertiary alicyclic amines) is 1. The number of halogens is 2. The van der Waals surface area contributed by atoms with Crippen molar-refractivity contribution in [3.8, 4) is 17.2 Å². The largest absolute Gasteiger partial charge is 0.496 e. The Morgan fingerprint density at radius 1 is 1.10 bits per heavy atom. The average molecular weight is 581 g/mol. The van der Waals surface area contributed by atoms with Gasteiger partial charge in [0.2, 0.25) is 5.91 Å². The molecule has 9 heteroatoms. The van der Waals surface area contributed by atoms with Gasteiger partial charge in [-0.3, -0.25) is 4.79 Å². The summed E-state index contributed by atoms with van der Waals surface area (Å²) in [6, 6.07) is 16.1. The maximum Gasteiger partial charge on any atom is 0.223 e. The van der Waals surface area contributed by atoms with Crippen LogP contribution in [-0.4, -0.2) is 56.3 Å². The normalized spacial score (nSPS) is 27.6. The lowest BCUT2D eigenvalue weighted by atomic mass is 9.71. The van der Waals surface area contributed by atoms with Crippen LogP contribution in [-0.2, 0) is 16.0 Å². The van der Waals surface area contributed by atoms with Gasteiger partial charge in [-0.25, -0.2) is 4.39 Å². The van der Waals surface area contributed by atoms with Crippen molar-refractivity contribution in [1.82, 2.24) is 10.2 Å². The Kier molecular flexibility index (Phi) is 7.12. The van der Waals surface area contributed by atoms with Gasteiger partial charge in [0.15, 0.2) is 11.2 Å². The van der Waals surface area contributed by atoms with E-state index in [9.17, 15) is 14.3 Å². The second-order valence-electron chi connectivity index (χ2n) is 11.3. The lowest BCUT2D eigenvalue weighted by Gasteiger charge is -2.42. The van der Waals surface area contributed by atoms with E-state index in [2.05, 4.69) is 10.2 Å². The van der Waals surface area contributed by atoms with Crippen molar-refractivity contribution >= 4 is 17.5 Å². The van der Waals surface area contributed by atoms with E-state index in [1.165, 1.54) is 19.2 Å². The quantitative estimate of drug-likeness (QED) is 0.428. The van der Waals surface area contributed by atoms with E-state index < -0.39 is 29.0 Å². The second-order valence-corrected chi connectivity index (χ2v) is 11.7. The summed E-state index contributed by atoms with van der Waals surface area (Å²) in [5.41, 5.74) is -1.52. The van der Waals surface area contributed by atoms with Gasteiger partial charge in [0.25, 0.3) is 0 Å². The average Bonchev–Trinajstić information content (AvgIpc) is 3.38. The number of hydrogen-bond donors (Lipinski definition) is 2. The first-order chi connectivity index (χ1) is 19.7. The third-order valence-corrected chi connectivity index (χ3v) is 9.36. The highest BCUT2D eigenvalue weighted by molar-refractivity contribution is 6.30. The molecule has 7 nitrogen and oxygen atoms in total. The molecule has 0 unspecified atom stereocenters. The Hall–Kier alpha value is -3.33. The van der Waals surface area contributed by atoms with Crippen LogP contribution in [0.4, 0.5) is 4.39 Å². The molecule has 3 aliphatic rings. The molecule has 41 heavy (non-hydrogen) atoms. The number of nitrogens with zero attached hydrogens (tertiary/aromatic N) is 1. The Morgan fingerprint density at radius 2 is 1.83 bits per heavy atom.